The van der Waals surface area contributed by atoms with Crippen molar-refractivity contribution >= 4 is 41.0 Å². The third-order valence-electron chi connectivity index (χ3n) is 8.72. The zero-order valence-electron chi connectivity index (χ0n) is 27.5. The molecule has 6 rings (SSSR count). The molecule has 0 bridgehead atoms. The number of pyridine rings is 1. The predicted molar refractivity (Wildman–Crippen MR) is 184 cm³/mol. The maximum absolute atomic E-state index is 16.3. The fourth-order valence-corrected chi connectivity index (χ4v) is 6.73. The smallest absolute Gasteiger partial charge is 0.333 e. The van der Waals surface area contributed by atoms with Gasteiger partial charge in [0, 0.05) is 35.5 Å². The van der Waals surface area contributed by atoms with E-state index in [4.69, 9.17) is 33.7 Å². The summed E-state index contributed by atoms with van der Waals surface area (Å²) in [6.45, 7) is 2.54. The summed E-state index contributed by atoms with van der Waals surface area (Å²) in [5, 5.41) is 4.33. The summed E-state index contributed by atoms with van der Waals surface area (Å²) in [5.74, 6) is -1.76. The first-order valence-electron chi connectivity index (χ1n) is 16.0. The number of halogens is 5. The van der Waals surface area contributed by atoms with Crippen LogP contribution in [0, 0.1) is 17.2 Å². The van der Waals surface area contributed by atoms with E-state index < -0.39 is 41.2 Å². The van der Waals surface area contributed by atoms with Gasteiger partial charge in [-0.1, -0.05) is 62.2 Å². The molecule has 14 heteroatoms. The van der Waals surface area contributed by atoms with Crippen molar-refractivity contribution < 1.29 is 27.5 Å². The molecule has 4 aromatic rings. The van der Waals surface area contributed by atoms with E-state index >= 15 is 4.39 Å². The lowest BCUT2D eigenvalue weighted by Crippen LogP contribution is -2.47. The highest BCUT2D eigenvalue weighted by atomic mass is 35.5. The molecule has 2 N–H and O–H groups in total. The van der Waals surface area contributed by atoms with Crippen LogP contribution in [-0.2, 0) is 19.9 Å². The summed E-state index contributed by atoms with van der Waals surface area (Å²) < 4.78 is 48.8. The fraction of sp³-hybridized carbons (Fsp3) is 0.361. The number of ether oxygens (including phenoxy) is 1. The summed E-state index contributed by atoms with van der Waals surface area (Å²) in [7, 11) is 0. The van der Waals surface area contributed by atoms with Crippen LogP contribution in [0.15, 0.2) is 72.1 Å². The average molecular weight is 728 g/mol. The van der Waals surface area contributed by atoms with Crippen molar-refractivity contribution in [3.8, 4) is 22.4 Å². The Morgan fingerprint density at radius 3 is 2.50 bits per heavy atom. The molecule has 1 aliphatic heterocycles. The predicted octanol–water partition coefficient (Wildman–Crippen LogP) is 8.33. The van der Waals surface area contributed by atoms with Crippen molar-refractivity contribution in [2.24, 2.45) is 22.1 Å². The lowest BCUT2D eigenvalue weighted by Gasteiger charge is -2.35. The van der Waals surface area contributed by atoms with Crippen LogP contribution in [0.4, 0.5) is 13.2 Å². The molecule has 0 radical (unpaired) electrons. The van der Waals surface area contributed by atoms with E-state index in [1.54, 1.807) is 36.5 Å². The van der Waals surface area contributed by atoms with Gasteiger partial charge in [-0.2, -0.15) is 13.9 Å². The molecule has 2 aliphatic rings. The number of hydrogen-bond donors (Lipinski definition) is 1. The number of aromatic nitrogens is 3. The normalized spacial score (nSPS) is 18.5. The van der Waals surface area contributed by atoms with Crippen LogP contribution >= 0.6 is 23.2 Å². The van der Waals surface area contributed by atoms with Gasteiger partial charge in [0.2, 0.25) is 0 Å². The number of amides is 1. The minimum absolute atomic E-state index is 0.0468. The number of nitrogens with two attached hydrogens (primary N) is 1. The molecule has 9 nitrogen and oxygen atoms in total. The molecule has 2 aromatic heterocycles. The molecule has 0 saturated heterocycles. The van der Waals surface area contributed by atoms with Crippen LogP contribution in [0.25, 0.3) is 22.4 Å². The molecule has 1 aliphatic carbocycles. The van der Waals surface area contributed by atoms with Gasteiger partial charge in [0.05, 0.1) is 28.0 Å². The monoisotopic (exact) mass is 726 g/mol. The number of esters is 1. The van der Waals surface area contributed by atoms with Crippen molar-refractivity contribution in [1.82, 2.24) is 19.7 Å². The number of benzene rings is 2. The second kappa shape index (κ2) is 13.7. The molecule has 1 saturated carbocycles. The second-order valence-electron chi connectivity index (χ2n) is 13.8. The third-order valence-corrected chi connectivity index (χ3v) is 9.35. The maximum atomic E-state index is 16.3. The first kappa shape index (κ1) is 35.4. The molecule has 3 heterocycles. The first-order valence-corrected chi connectivity index (χ1v) is 16.8. The molecule has 50 heavy (non-hydrogen) atoms. The van der Waals surface area contributed by atoms with Crippen molar-refractivity contribution in [2.45, 2.75) is 64.6 Å². The molecule has 1 amide bonds. The van der Waals surface area contributed by atoms with E-state index in [1.165, 1.54) is 23.2 Å². The number of carbonyl (C=O) groups is 2. The molecule has 2 atom stereocenters. The summed E-state index contributed by atoms with van der Waals surface area (Å²) in [6, 6.07) is 11.5. The molecule has 0 spiro atoms. The van der Waals surface area contributed by atoms with E-state index in [2.05, 4.69) is 15.1 Å². The zero-order valence-corrected chi connectivity index (χ0v) is 29.1. The number of aliphatic imine (C=N–C) groups is 1. The van der Waals surface area contributed by atoms with E-state index in [0.717, 1.165) is 25.1 Å². The Balaban J connectivity index is 1.43. The standard InChI is InChI=1S/C36H35Cl2F3N6O3/c1-35(2,3)19-36(25-10-8-21(15-28(25)39)23-16-44-46(17-23)33(40)41)32(49)47(34(42)45-36)29(18-50-30(48)13-20-6-7-20)22-9-11-26(37)24(14-22)31-27(38)5-4-12-43-31/h4-5,8-12,14-17,20,29,33H,6-7,13,18-19H2,1-3H3,(H2,42,45)/t29-,36-/m1/s1. The first-order chi connectivity index (χ1) is 23.7. The van der Waals surface area contributed by atoms with Crippen molar-refractivity contribution in [3.63, 3.8) is 0 Å². The molecule has 0 unspecified atom stereocenters. The van der Waals surface area contributed by atoms with Gasteiger partial charge in [0.15, 0.2) is 11.5 Å². The van der Waals surface area contributed by atoms with Crippen molar-refractivity contribution in [3.05, 3.63) is 94.1 Å². The van der Waals surface area contributed by atoms with Crippen LogP contribution < -0.4 is 5.73 Å². The number of carbonyl (C=O) groups excluding carboxylic acids is 2. The van der Waals surface area contributed by atoms with Crippen LogP contribution in [0.1, 0.15) is 70.2 Å². The van der Waals surface area contributed by atoms with Crippen LogP contribution in [0.5, 0.6) is 0 Å². The van der Waals surface area contributed by atoms with E-state index in [9.17, 15) is 18.4 Å². The van der Waals surface area contributed by atoms with Gasteiger partial charge >= 0.3 is 12.5 Å². The van der Waals surface area contributed by atoms with Gasteiger partial charge < -0.3 is 10.5 Å². The van der Waals surface area contributed by atoms with Gasteiger partial charge in [0.25, 0.3) is 5.91 Å². The number of guanidine groups is 1. The Labute approximate surface area is 297 Å². The van der Waals surface area contributed by atoms with Gasteiger partial charge in [0.1, 0.15) is 12.4 Å². The Hall–Kier alpha value is -4.42. The van der Waals surface area contributed by atoms with Crippen molar-refractivity contribution in [1.29, 1.82) is 0 Å². The van der Waals surface area contributed by atoms with E-state index in [1.807, 2.05) is 20.8 Å². The zero-order chi connectivity index (χ0) is 36.0. The van der Waals surface area contributed by atoms with Gasteiger partial charge in [-0.05, 0) is 72.1 Å². The van der Waals surface area contributed by atoms with E-state index in [-0.39, 0.29) is 48.0 Å². The largest absolute Gasteiger partial charge is 0.463 e. The summed E-state index contributed by atoms with van der Waals surface area (Å²) in [6.07, 6.45) is 6.08. The molecular weight excluding hydrogens is 692 g/mol. The number of rotatable bonds is 11. The lowest BCUT2D eigenvalue weighted by atomic mass is 9.75. The maximum Gasteiger partial charge on any atom is 0.333 e. The van der Waals surface area contributed by atoms with E-state index in [0.29, 0.717) is 31.5 Å². The highest BCUT2D eigenvalue weighted by Crippen LogP contribution is 2.47. The molecular formula is C36H35Cl2F3N6O3. The Morgan fingerprint density at radius 1 is 1.10 bits per heavy atom. The van der Waals surface area contributed by atoms with Crippen LogP contribution in [-0.4, -0.2) is 44.1 Å². The quantitative estimate of drug-likeness (QED) is 0.156. The van der Waals surface area contributed by atoms with Gasteiger partial charge in [-0.25, -0.2) is 14.1 Å². The number of hydrogen-bond acceptors (Lipinski definition) is 7. The van der Waals surface area contributed by atoms with Gasteiger partial charge in [-0.15, -0.1) is 0 Å². The Kier molecular flexibility index (Phi) is 9.71. The highest BCUT2D eigenvalue weighted by molar-refractivity contribution is 6.36. The minimum Gasteiger partial charge on any atom is -0.463 e. The highest BCUT2D eigenvalue weighted by Gasteiger charge is 2.54. The minimum atomic E-state index is -2.86. The SMILES string of the molecule is CC(C)(C)C[C@]1(c2ccc(-c3cnn(C(F)F)c3)cc2F)N=C(N)N([C@H](COC(=O)CC2CC2)c2ccc(Cl)c(-c3ncccc3Cl)c2)C1=O. The summed E-state index contributed by atoms with van der Waals surface area (Å²) in [5.41, 5.74) is 6.10. The number of nitrogens with zero attached hydrogens (tertiary/aromatic N) is 5. The van der Waals surface area contributed by atoms with Crippen LogP contribution in [0.2, 0.25) is 10.0 Å². The Morgan fingerprint density at radius 2 is 1.86 bits per heavy atom. The van der Waals surface area contributed by atoms with Crippen LogP contribution in [0.3, 0.4) is 0 Å². The Bertz CT molecular complexity index is 1980. The fourth-order valence-electron chi connectivity index (χ4n) is 6.30. The average Bonchev–Trinajstić information content (AvgIpc) is 3.64. The molecule has 1 fully saturated rings. The van der Waals surface area contributed by atoms with Crippen molar-refractivity contribution in [2.75, 3.05) is 6.61 Å². The number of alkyl halides is 2. The lowest BCUT2D eigenvalue weighted by molar-refractivity contribution is -0.148. The topological polar surface area (TPSA) is 116 Å². The second-order valence-corrected chi connectivity index (χ2v) is 14.7. The molecule has 262 valence electrons. The molecule has 2 aromatic carbocycles. The summed E-state index contributed by atoms with van der Waals surface area (Å²) in [4.78, 5) is 38.0. The van der Waals surface area contributed by atoms with Gasteiger partial charge in [-0.3, -0.25) is 19.5 Å². The third kappa shape index (κ3) is 7.22. The summed E-state index contributed by atoms with van der Waals surface area (Å²) >= 11 is 13.1.